The van der Waals surface area contributed by atoms with Crippen LogP contribution in [0.1, 0.15) is 26.5 Å². The number of amides is 1. The number of hydrogen-bond donors (Lipinski definition) is 1. The van der Waals surface area contributed by atoms with Crippen LogP contribution >= 0.6 is 11.3 Å². The highest BCUT2D eigenvalue weighted by molar-refractivity contribution is 7.10. The molecule has 0 aromatic carbocycles. The zero-order valence-electron chi connectivity index (χ0n) is 10.2. The minimum Gasteiger partial charge on any atom is -0.347 e. The summed E-state index contributed by atoms with van der Waals surface area (Å²) in [7, 11) is 1.83. The first-order chi connectivity index (χ1) is 8.09. The summed E-state index contributed by atoms with van der Waals surface area (Å²) in [6.07, 6.45) is 1.60. The SMILES string of the molecule is Cc1ccsc1CNC(=O)c1cnn(C)c1C. The summed E-state index contributed by atoms with van der Waals surface area (Å²) in [5.41, 5.74) is 2.74. The van der Waals surface area contributed by atoms with Gasteiger partial charge in [0.2, 0.25) is 0 Å². The number of aryl methyl sites for hydroxylation is 2. The summed E-state index contributed by atoms with van der Waals surface area (Å²) in [5.74, 6) is -0.0663. The van der Waals surface area contributed by atoms with Crippen LogP contribution in [0.3, 0.4) is 0 Å². The van der Waals surface area contributed by atoms with Gasteiger partial charge >= 0.3 is 0 Å². The Morgan fingerprint density at radius 2 is 2.29 bits per heavy atom. The standard InChI is InChI=1S/C12H15N3OS/c1-8-4-5-17-11(8)7-13-12(16)10-6-14-15(3)9(10)2/h4-6H,7H2,1-3H3,(H,13,16). The first kappa shape index (κ1) is 11.9. The number of hydrogen-bond acceptors (Lipinski definition) is 3. The molecule has 0 fully saturated rings. The molecule has 0 atom stereocenters. The maximum atomic E-state index is 11.9. The predicted octanol–water partition coefficient (Wildman–Crippen LogP) is 2.03. The van der Waals surface area contributed by atoms with Crippen molar-refractivity contribution in [1.29, 1.82) is 0 Å². The van der Waals surface area contributed by atoms with Crippen LogP contribution in [-0.2, 0) is 13.6 Å². The van der Waals surface area contributed by atoms with Gasteiger partial charge in [-0.25, -0.2) is 0 Å². The molecule has 90 valence electrons. The molecule has 0 aliphatic carbocycles. The zero-order valence-corrected chi connectivity index (χ0v) is 11.0. The zero-order chi connectivity index (χ0) is 12.4. The Morgan fingerprint density at radius 1 is 1.53 bits per heavy atom. The van der Waals surface area contributed by atoms with E-state index in [1.165, 1.54) is 10.4 Å². The van der Waals surface area contributed by atoms with E-state index in [4.69, 9.17) is 0 Å². The van der Waals surface area contributed by atoms with Crippen molar-refractivity contribution in [1.82, 2.24) is 15.1 Å². The molecule has 2 rings (SSSR count). The van der Waals surface area contributed by atoms with E-state index in [9.17, 15) is 4.79 Å². The molecule has 4 nitrogen and oxygen atoms in total. The highest BCUT2D eigenvalue weighted by atomic mass is 32.1. The molecule has 0 radical (unpaired) electrons. The van der Waals surface area contributed by atoms with E-state index in [0.29, 0.717) is 12.1 Å². The lowest BCUT2D eigenvalue weighted by atomic mass is 10.2. The van der Waals surface area contributed by atoms with E-state index >= 15 is 0 Å². The molecule has 1 amide bonds. The lowest BCUT2D eigenvalue weighted by Gasteiger charge is -2.04. The highest BCUT2D eigenvalue weighted by Crippen LogP contribution is 2.15. The molecule has 2 aromatic heterocycles. The quantitative estimate of drug-likeness (QED) is 0.904. The first-order valence-electron chi connectivity index (χ1n) is 5.39. The van der Waals surface area contributed by atoms with Crippen molar-refractivity contribution < 1.29 is 4.79 Å². The van der Waals surface area contributed by atoms with E-state index < -0.39 is 0 Å². The van der Waals surface area contributed by atoms with Gasteiger partial charge in [-0.3, -0.25) is 9.48 Å². The summed E-state index contributed by atoms with van der Waals surface area (Å²) in [4.78, 5) is 13.1. The normalized spacial score (nSPS) is 10.5. The first-order valence-corrected chi connectivity index (χ1v) is 6.27. The third-order valence-electron chi connectivity index (χ3n) is 2.86. The van der Waals surface area contributed by atoms with Crippen LogP contribution in [0.15, 0.2) is 17.6 Å². The number of aromatic nitrogens is 2. The van der Waals surface area contributed by atoms with Crippen LogP contribution in [0.2, 0.25) is 0 Å². The third-order valence-corrected chi connectivity index (χ3v) is 3.88. The third kappa shape index (κ3) is 2.39. The van der Waals surface area contributed by atoms with Crippen molar-refractivity contribution in [3.05, 3.63) is 39.3 Å². The topological polar surface area (TPSA) is 46.9 Å². The van der Waals surface area contributed by atoms with E-state index in [1.807, 2.05) is 26.3 Å². The smallest absolute Gasteiger partial charge is 0.255 e. The van der Waals surface area contributed by atoms with Gasteiger partial charge in [0.1, 0.15) is 0 Å². The highest BCUT2D eigenvalue weighted by Gasteiger charge is 2.12. The van der Waals surface area contributed by atoms with Gasteiger partial charge < -0.3 is 5.32 Å². The summed E-state index contributed by atoms with van der Waals surface area (Å²) < 4.78 is 1.70. The number of carbonyl (C=O) groups is 1. The van der Waals surface area contributed by atoms with Gasteiger partial charge in [-0.1, -0.05) is 0 Å². The molecule has 0 saturated carbocycles. The molecule has 0 bridgehead atoms. The molecule has 0 aliphatic rings. The number of thiophene rings is 1. The molecule has 5 heteroatoms. The van der Waals surface area contributed by atoms with Gasteiger partial charge in [-0.2, -0.15) is 5.10 Å². The van der Waals surface area contributed by atoms with Crippen molar-refractivity contribution in [2.24, 2.45) is 7.05 Å². The Balaban J connectivity index is 2.03. The lowest BCUT2D eigenvalue weighted by molar-refractivity contribution is 0.0950. The molecular formula is C12H15N3OS. The number of nitrogens with zero attached hydrogens (tertiary/aromatic N) is 2. The van der Waals surface area contributed by atoms with Gasteiger partial charge in [-0.05, 0) is 30.9 Å². The Kier molecular flexibility index (Phi) is 3.28. The largest absolute Gasteiger partial charge is 0.347 e. The maximum Gasteiger partial charge on any atom is 0.255 e. The fraction of sp³-hybridized carbons (Fsp3) is 0.333. The van der Waals surface area contributed by atoms with Crippen molar-refractivity contribution in [2.45, 2.75) is 20.4 Å². The molecule has 0 saturated heterocycles. The Morgan fingerprint density at radius 3 is 2.82 bits per heavy atom. The molecule has 2 aromatic rings. The van der Waals surface area contributed by atoms with E-state index in [-0.39, 0.29) is 5.91 Å². The molecular weight excluding hydrogens is 234 g/mol. The second kappa shape index (κ2) is 4.71. The summed E-state index contributed by atoms with van der Waals surface area (Å²) in [6, 6.07) is 2.06. The Hall–Kier alpha value is -1.62. The average molecular weight is 249 g/mol. The van der Waals surface area contributed by atoms with Crippen molar-refractivity contribution in [3.8, 4) is 0 Å². The van der Waals surface area contributed by atoms with Crippen molar-refractivity contribution in [2.75, 3.05) is 0 Å². The lowest BCUT2D eigenvalue weighted by Crippen LogP contribution is -2.23. The molecule has 0 unspecified atom stereocenters. The number of rotatable bonds is 3. The average Bonchev–Trinajstić information content (AvgIpc) is 2.84. The van der Waals surface area contributed by atoms with Gasteiger partial charge in [0, 0.05) is 17.6 Å². The number of nitrogens with one attached hydrogen (secondary N) is 1. The van der Waals surface area contributed by atoms with Crippen molar-refractivity contribution >= 4 is 17.2 Å². The van der Waals surface area contributed by atoms with Gasteiger partial charge in [0.05, 0.1) is 18.3 Å². The second-order valence-electron chi connectivity index (χ2n) is 3.98. The van der Waals surface area contributed by atoms with Gasteiger partial charge in [0.15, 0.2) is 0 Å². The fourth-order valence-corrected chi connectivity index (χ4v) is 2.41. The Bertz CT molecular complexity index is 542. The molecule has 0 aliphatic heterocycles. The summed E-state index contributed by atoms with van der Waals surface area (Å²) >= 11 is 1.66. The minimum absolute atomic E-state index is 0.0663. The van der Waals surface area contributed by atoms with Gasteiger partial charge in [-0.15, -0.1) is 11.3 Å². The van der Waals surface area contributed by atoms with Crippen molar-refractivity contribution in [3.63, 3.8) is 0 Å². The summed E-state index contributed by atoms with van der Waals surface area (Å²) in [5, 5.41) is 9.01. The van der Waals surface area contributed by atoms with Crippen LogP contribution < -0.4 is 5.32 Å². The summed E-state index contributed by atoms with van der Waals surface area (Å²) in [6.45, 7) is 4.52. The van der Waals surface area contributed by atoms with E-state index in [0.717, 1.165) is 5.69 Å². The maximum absolute atomic E-state index is 11.9. The Labute approximate surface area is 104 Å². The fourth-order valence-electron chi connectivity index (χ4n) is 1.56. The molecule has 2 heterocycles. The van der Waals surface area contributed by atoms with Crippen LogP contribution in [-0.4, -0.2) is 15.7 Å². The second-order valence-corrected chi connectivity index (χ2v) is 4.98. The minimum atomic E-state index is -0.0663. The van der Waals surface area contributed by atoms with Crippen LogP contribution in [0.5, 0.6) is 0 Å². The predicted molar refractivity (Wildman–Crippen MR) is 68.2 cm³/mol. The molecule has 0 spiro atoms. The van der Waals surface area contributed by atoms with Crippen LogP contribution in [0.4, 0.5) is 0 Å². The van der Waals surface area contributed by atoms with E-state index in [2.05, 4.69) is 16.5 Å². The van der Waals surface area contributed by atoms with Crippen LogP contribution in [0.25, 0.3) is 0 Å². The molecule has 17 heavy (non-hydrogen) atoms. The van der Waals surface area contributed by atoms with Crippen LogP contribution in [0, 0.1) is 13.8 Å². The van der Waals surface area contributed by atoms with Gasteiger partial charge in [0.25, 0.3) is 5.91 Å². The molecule has 1 N–H and O–H groups in total. The monoisotopic (exact) mass is 249 g/mol. The van der Waals surface area contributed by atoms with E-state index in [1.54, 1.807) is 22.2 Å². The number of carbonyl (C=O) groups excluding carboxylic acids is 1.